The average Bonchev–Trinajstić information content (AvgIpc) is 3.37. The van der Waals surface area contributed by atoms with Gasteiger partial charge in [-0.25, -0.2) is 29.9 Å². The fourth-order valence-corrected chi connectivity index (χ4v) is 7.55. The number of nitrogens with zero attached hydrogens (tertiary/aromatic N) is 7. The molecule has 0 aliphatic rings. The molecule has 0 bridgehead atoms. The molecule has 0 amide bonds. The monoisotopic (exact) mass is 793 g/mol. The molecular formula is C55H35N7. The first kappa shape index (κ1) is 37.5. The third kappa shape index (κ3) is 7.75. The standard InChI is InChI=1S/C55H35N7/c56-36-43-28-16-17-29-47(43)44-32-45(34-46(33-44)54-59-50(38-20-8-2-9-21-38)57-51(60-54)39-22-10-3-11-23-39)49-35-42(37-18-6-1-7-19-37)30-31-48(49)55-61-52(40-24-12-4-13-25-40)58-53(62-55)41-26-14-5-15-27-41/h1-35H. The zero-order valence-electron chi connectivity index (χ0n) is 33.3. The minimum atomic E-state index is 0.494. The van der Waals surface area contributed by atoms with Crippen LogP contribution in [0.5, 0.6) is 0 Å². The normalized spacial score (nSPS) is 10.9. The summed E-state index contributed by atoms with van der Waals surface area (Å²) in [7, 11) is 0. The van der Waals surface area contributed by atoms with Crippen molar-refractivity contribution in [2.24, 2.45) is 0 Å². The molecule has 7 heteroatoms. The highest BCUT2D eigenvalue weighted by Crippen LogP contribution is 2.40. The van der Waals surface area contributed by atoms with Crippen LogP contribution in [-0.4, -0.2) is 29.9 Å². The predicted octanol–water partition coefficient (Wildman–Crippen LogP) is 12.9. The average molecular weight is 794 g/mol. The van der Waals surface area contributed by atoms with E-state index in [2.05, 4.69) is 54.6 Å². The summed E-state index contributed by atoms with van der Waals surface area (Å²) in [5.74, 6) is 3.26. The minimum Gasteiger partial charge on any atom is -0.208 e. The molecule has 0 unspecified atom stereocenters. The molecule has 0 saturated heterocycles. The van der Waals surface area contributed by atoms with Gasteiger partial charge in [-0.2, -0.15) is 5.26 Å². The summed E-state index contributed by atoms with van der Waals surface area (Å²) in [5, 5.41) is 10.4. The van der Waals surface area contributed by atoms with Gasteiger partial charge in [-0.3, -0.25) is 0 Å². The molecule has 290 valence electrons. The number of benzene rings is 8. The highest BCUT2D eigenvalue weighted by atomic mass is 15.0. The van der Waals surface area contributed by atoms with Crippen LogP contribution in [0.4, 0.5) is 0 Å². The van der Waals surface area contributed by atoms with Gasteiger partial charge in [-0.1, -0.05) is 176 Å². The molecule has 2 heterocycles. The Hall–Kier alpha value is -8.73. The van der Waals surface area contributed by atoms with E-state index in [4.69, 9.17) is 29.9 Å². The van der Waals surface area contributed by atoms with Crippen LogP contribution in [-0.2, 0) is 0 Å². The fourth-order valence-electron chi connectivity index (χ4n) is 7.55. The van der Waals surface area contributed by atoms with Crippen LogP contribution in [0.15, 0.2) is 212 Å². The van der Waals surface area contributed by atoms with Crippen molar-refractivity contribution >= 4 is 0 Å². The zero-order chi connectivity index (χ0) is 41.7. The Balaban J connectivity index is 1.26. The molecule has 0 atom stereocenters. The maximum absolute atomic E-state index is 10.4. The number of hydrogen-bond acceptors (Lipinski definition) is 7. The van der Waals surface area contributed by atoms with Crippen LogP contribution in [0, 0.1) is 11.3 Å². The first-order valence-corrected chi connectivity index (χ1v) is 20.3. The van der Waals surface area contributed by atoms with E-state index in [1.807, 2.05) is 164 Å². The summed E-state index contributed by atoms with van der Waals surface area (Å²) < 4.78 is 0. The second-order valence-corrected chi connectivity index (χ2v) is 14.7. The molecule has 2 aromatic heterocycles. The fraction of sp³-hybridized carbons (Fsp3) is 0. The van der Waals surface area contributed by atoms with Gasteiger partial charge in [0.05, 0.1) is 11.6 Å². The molecule has 0 aliphatic heterocycles. The van der Waals surface area contributed by atoms with Gasteiger partial charge in [-0.15, -0.1) is 0 Å². The predicted molar refractivity (Wildman–Crippen MR) is 247 cm³/mol. The maximum Gasteiger partial charge on any atom is 0.164 e. The molecule has 10 aromatic rings. The lowest BCUT2D eigenvalue weighted by molar-refractivity contribution is 1.07. The number of aromatic nitrogens is 6. The Kier molecular flexibility index (Phi) is 10.2. The highest BCUT2D eigenvalue weighted by molar-refractivity contribution is 5.90. The Morgan fingerprint density at radius 3 is 1.05 bits per heavy atom. The summed E-state index contributed by atoms with van der Waals surface area (Å²) in [6.07, 6.45) is 0. The van der Waals surface area contributed by atoms with Gasteiger partial charge in [0.2, 0.25) is 0 Å². The van der Waals surface area contributed by atoms with Gasteiger partial charge in [0, 0.05) is 33.4 Å². The van der Waals surface area contributed by atoms with E-state index in [1.165, 1.54) is 0 Å². The van der Waals surface area contributed by atoms with E-state index in [9.17, 15) is 5.26 Å². The van der Waals surface area contributed by atoms with E-state index < -0.39 is 0 Å². The molecule has 62 heavy (non-hydrogen) atoms. The smallest absolute Gasteiger partial charge is 0.164 e. The quantitative estimate of drug-likeness (QED) is 0.143. The lowest BCUT2D eigenvalue weighted by atomic mass is 9.90. The van der Waals surface area contributed by atoms with Crippen molar-refractivity contribution in [2.75, 3.05) is 0 Å². The van der Waals surface area contributed by atoms with Crippen molar-refractivity contribution < 1.29 is 0 Å². The highest BCUT2D eigenvalue weighted by Gasteiger charge is 2.20. The molecule has 0 fully saturated rings. The van der Waals surface area contributed by atoms with Crippen molar-refractivity contribution in [2.45, 2.75) is 0 Å². The lowest BCUT2D eigenvalue weighted by Crippen LogP contribution is -2.02. The van der Waals surface area contributed by atoms with Gasteiger partial charge >= 0.3 is 0 Å². The van der Waals surface area contributed by atoms with E-state index in [0.717, 1.165) is 66.8 Å². The van der Waals surface area contributed by atoms with Crippen LogP contribution in [0.3, 0.4) is 0 Å². The van der Waals surface area contributed by atoms with E-state index in [1.54, 1.807) is 0 Å². The van der Waals surface area contributed by atoms with Crippen LogP contribution in [0.25, 0.3) is 102 Å². The summed E-state index contributed by atoms with van der Waals surface area (Å²) in [5.41, 5.74) is 11.1. The van der Waals surface area contributed by atoms with Crippen molar-refractivity contribution in [3.63, 3.8) is 0 Å². The summed E-state index contributed by atoms with van der Waals surface area (Å²) in [6, 6.07) is 72.9. The van der Waals surface area contributed by atoms with Gasteiger partial charge < -0.3 is 0 Å². The summed E-state index contributed by atoms with van der Waals surface area (Å²) in [6.45, 7) is 0. The third-order valence-electron chi connectivity index (χ3n) is 10.6. The van der Waals surface area contributed by atoms with Gasteiger partial charge in [0.15, 0.2) is 34.9 Å². The molecule has 0 saturated carbocycles. The topological polar surface area (TPSA) is 101 Å². The number of rotatable bonds is 9. The summed E-state index contributed by atoms with van der Waals surface area (Å²) in [4.78, 5) is 30.5. The van der Waals surface area contributed by atoms with Crippen molar-refractivity contribution in [1.82, 2.24) is 29.9 Å². The van der Waals surface area contributed by atoms with Crippen molar-refractivity contribution in [1.29, 1.82) is 5.26 Å². The largest absolute Gasteiger partial charge is 0.208 e. The van der Waals surface area contributed by atoms with E-state index >= 15 is 0 Å². The molecule has 7 nitrogen and oxygen atoms in total. The second-order valence-electron chi connectivity index (χ2n) is 14.7. The van der Waals surface area contributed by atoms with Crippen LogP contribution in [0.2, 0.25) is 0 Å². The number of nitriles is 1. The second kappa shape index (κ2) is 16.9. The molecule has 0 aliphatic carbocycles. The SMILES string of the molecule is N#Cc1ccccc1-c1cc(-c2nc(-c3ccccc3)nc(-c3ccccc3)n2)cc(-c2cc(-c3ccccc3)ccc2-c2nc(-c3ccccc3)nc(-c3ccccc3)n2)c1. The zero-order valence-corrected chi connectivity index (χ0v) is 33.3. The first-order valence-electron chi connectivity index (χ1n) is 20.3. The lowest BCUT2D eigenvalue weighted by Gasteiger charge is -2.17. The minimum absolute atomic E-state index is 0.494. The van der Waals surface area contributed by atoms with Crippen LogP contribution >= 0.6 is 0 Å². The first-order chi connectivity index (χ1) is 30.7. The Bertz CT molecular complexity index is 3110. The van der Waals surface area contributed by atoms with Crippen LogP contribution < -0.4 is 0 Å². The molecule has 0 radical (unpaired) electrons. The van der Waals surface area contributed by atoms with Gasteiger partial charge in [0.1, 0.15) is 0 Å². The maximum atomic E-state index is 10.4. The van der Waals surface area contributed by atoms with Crippen molar-refractivity contribution in [3.05, 3.63) is 218 Å². The van der Waals surface area contributed by atoms with Gasteiger partial charge in [-0.05, 0) is 69.8 Å². The van der Waals surface area contributed by atoms with Gasteiger partial charge in [0.25, 0.3) is 0 Å². The number of hydrogen-bond donors (Lipinski definition) is 0. The third-order valence-corrected chi connectivity index (χ3v) is 10.6. The van der Waals surface area contributed by atoms with E-state index in [0.29, 0.717) is 40.5 Å². The Morgan fingerprint density at radius 2 is 0.597 bits per heavy atom. The molecule has 0 spiro atoms. The van der Waals surface area contributed by atoms with E-state index in [-0.39, 0.29) is 0 Å². The molecule has 0 N–H and O–H groups in total. The van der Waals surface area contributed by atoms with Crippen molar-refractivity contribution in [3.8, 4) is 108 Å². The Labute approximate surface area is 359 Å². The molecular weight excluding hydrogens is 759 g/mol. The molecule has 8 aromatic carbocycles. The van der Waals surface area contributed by atoms with Crippen LogP contribution in [0.1, 0.15) is 5.56 Å². The Morgan fingerprint density at radius 1 is 0.242 bits per heavy atom. The molecule has 10 rings (SSSR count). The summed E-state index contributed by atoms with van der Waals surface area (Å²) >= 11 is 0.